The lowest BCUT2D eigenvalue weighted by Crippen LogP contribution is -2.67. The molecule has 3 rings (SSSR count). The van der Waals surface area contributed by atoms with Crippen molar-refractivity contribution in [3.05, 3.63) is 48.6 Å². The van der Waals surface area contributed by atoms with Gasteiger partial charge >= 0.3 is 11.9 Å². The van der Waals surface area contributed by atoms with Crippen molar-refractivity contribution < 1.29 is 38.1 Å². The Morgan fingerprint density at radius 2 is 1.93 bits per heavy atom. The predicted octanol–water partition coefficient (Wildman–Crippen LogP) is 1.38. The highest BCUT2D eigenvalue weighted by atomic mass is 16.8. The summed E-state index contributed by atoms with van der Waals surface area (Å²) in [6.45, 7) is 6.43. The van der Waals surface area contributed by atoms with Gasteiger partial charge in [0, 0.05) is 25.0 Å². The minimum atomic E-state index is -1.21. The van der Waals surface area contributed by atoms with E-state index in [4.69, 9.17) is 23.7 Å². The van der Waals surface area contributed by atoms with Gasteiger partial charge in [-0.1, -0.05) is 43.8 Å². The number of nitrogens with one attached hydrogen (secondary N) is 1. The number of amides is 1. The first-order valence-electron chi connectivity index (χ1n) is 9.70. The first-order valence-corrected chi connectivity index (χ1v) is 9.70. The Balaban J connectivity index is 1.90. The van der Waals surface area contributed by atoms with Crippen LogP contribution in [0.1, 0.15) is 32.1 Å². The molecular weight excluding hydrogens is 394 g/mol. The quantitative estimate of drug-likeness (QED) is 0.544. The van der Waals surface area contributed by atoms with Crippen LogP contribution in [0.25, 0.3) is 0 Å². The summed E-state index contributed by atoms with van der Waals surface area (Å²) in [5, 5.41) is 2.65. The topological polar surface area (TPSA) is 109 Å². The lowest BCUT2D eigenvalue weighted by molar-refractivity contribution is -0.339. The molecule has 0 unspecified atom stereocenters. The van der Waals surface area contributed by atoms with Crippen molar-refractivity contribution in [1.29, 1.82) is 0 Å². The molecule has 1 N–H and O–H groups in total. The first-order chi connectivity index (χ1) is 14.4. The van der Waals surface area contributed by atoms with Crippen molar-refractivity contribution in [2.24, 2.45) is 0 Å². The molecule has 0 spiro atoms. The fourth-order valence-corrected chi connectivity index (χ4v) is 3.38. The van der Waals surface area contributed by atoms with Gasteiger partial charge in [0.1, 0.15) is 18.2 Å². The maximum atomic E-state index is 12.1. The van der Waals surface area contributed by atoms with E-state index < -0.39 is 54.8 Å². The zero-order valence-electron chi connectivity index (χ0n) is 16.8. The van der Waals surface area contributed by atoms with Crippen molar-refractivity contribution in [3.63, 3.8) is 0 Å². The number of fused-ring (bicyclic) bond motifs is 1. The van der Waals surface area contributed by atoms with Gasteiger partial charge in [0.25, 0.3) is 0 Å². The van der Waals surface area contributed by atoms with Crippen molar-refractivity contribution in [1.82, 2.24) is 5.32 Å². The highest BCUT2D eigenvalue weighted by molar-refractivity contribution is 5.81. The summed E-state index contributed by atoms with van der Waals surface area (Å²) in [6, 6.07) is 8.30. The van der Waals surface area contributed by atoms with E-state index in [1.54, 1.807) is 6.92 Å². The number of ether oxygens (including phenoxy) is 5. The van der Waals surface area contributed by atoms with Crippen molar-refractivity contribution >= 4 is 17.8 Å². The van der Waals surface area contributed by atoms with Crippen LogP contribution in [0, 0.1) is 0 Å². The molecule has 2 aliphatic rings. The number of esters is 2. The van der Waals surface area contributed by atoms with Gasteiger partial charge in [-0.2, -0.15) is 0 Å². The highest BCUT2D eigenvalue weighted by Gasteiger charge is 2.53. The largest absolute Gasteiger partial charge is 0.457 e. The minimum Gasteiger partial charge on any atom is -0.457 e. The summed E-state index contributed by atoms with van der Waals surface area (Å²) < 4.78 is 28.6. The molecule has 2 aliphatic heterocycles. The molecule has 0 bridgehead atoms. The van der Waals surface area contributed by atoms with E-state index >= 15 is 0 Å². The van der Waals surface area contributed by atoms with Gasteiger partial charge in [-0.15, -0.1) is 0 Å². The second-order valence-corrected chi connectivity index (χ2v) is 6.89. The molecule has 0 aliphatic carbocycles. The molecule has 1 aromatic rings. The molecular formula is C21H25NO8. The van der Waals surface area contributed by atoms with E-state index in [1.165, 1.54) is 6.92 Å². The van der Waals surface area contributed by atoms with Crippen LogP contribution in [0.2, 0.25) is 0 Å². The molecule has 2 fully saturated rings. The second-order valence-electron chi connectivity index (χ2n) is 6.89. The van der Waals surface area contributed by atoms with Gasteiger partial charge in [-0.3, -0.25) is 9.59 Å². The number of rotatable bonds is 6. The van der Waals surface area contributed by atoms with Crippen LogP contribution in [0.4, 0.5) is 0 Å². The van der Waals surface area contributed by atoms with Crippen LogP contribution in [-0.2, 0) is 38.1 Å². The zero-order chi connectivity index (χ0) is 21.7. The Kier molecular flexibility index (Phi) is 7.20. The second kappa shape index (κ2) is 9.84. The third-order valence-corrected chi connectivity index (χ3v) is 4.74. The number of carbonyl (C=O) groups excluding carboxylic acids is 3. The smallest absolute Gasteiger partial charge is 0.332 e. The van der Waals surface area contributed by atoms with Crippen molar-refractivity contribution in [3.8, 4) is 0 Å². The van der Waals surface area contributed by atoms with E-state index in [0.29, 0.717) is 0 Å². The molecule has 0 radical (unpaired) electrons. The Hall–Kier alpha value is -2.75. The summed E-state index contributed by atoms with van der Waals surface area (Å²) in [7, 11) is 0. The van der Waals surface area contributed by atoms with Gasteiger partial charge in [-0.25, -0.2) is 4.79 Å². The Bertz CT molecular complexity index is 782. The lowest BCUT2D eigenvalue weighted by Gasteiger charge is -2.48. The Morgan fingerprint density at radius 1 is 1.20 bits per heavy atom. The Morgan fingerprint density at radius 3 is 2.57 bits per heavy atom. The number of hydrogen-bond acceptors (Lipinski definition) is 8. The summed E-state index contributed by atoms with van der Waals surface area (Å²) in [6.07, 6.45) is -3.22. The third-order valence-electron chi connectivity index (χ3n) is 4.74. The molecule has 0 saturated carbocycles. The maximum Gasteiger partial charge on any atom is 0.332 e. The fraction of sp³-hybridized carbons (Fsp3) is 0.476. The lowest BCUT2D eigenvalue weighted by atomic mass is 9.95. The van der Waals surface area contributed by atoms with Crippen LogP contribution in [0.5, 0.6) is 0 Å². The zero-order valence-corrected chi connectivity index (χ0v) is 16.8. The first kappa shape index (κ1) is 21.9. The van der Waals surface area contributed by atoms with E-state index in [-0.39, 0.29) is 13.0 Å². The van der Waals surface area contributed by atoms with Gasteiger partial charge in [0.05, 0.1) is 6.61 Å². The molecule has 6 atom stereocenters. The highest BCUT2D eigenvalue weighted by Crippen LogP contribution is 2.35. The van der Waals surface area contributed by atoms with E-state index in [9.17, 15) is 14.4 Å². The predicted molar refractivity (Wildman–Crippen MR) is 103 cm³/mol. The molecule has 2 saturated heterocycles. The summed E-state index contributed by atoms with van der Waals surface area (Å²) >= 11 is 0. The molecule has 1 aromatic carbocycles. The number of carbonyl (C=O) groups is 3. The molecule has 2 heterocycles. The van der Waals surface area contributed by atoms with Crippen molar-refractivity contribution in [2.75, 3.05) is 6.61 Å². The van der Waals surface area contributed by atoms with Crippen molar-refractivity contribution in [2.45, 2.75) is 57.2 Å². The number of hydrogen-bond donors (Lipinski definition) is 1. The summed E-state index contributed by atoms with van der Waals surface area (Å²) in [5.74, 6) is -1.64. The van der Waals surface area contributed by atoms with Gasteiger partial charge in [-0.05, 0) is 0 Å². The molecule has 9 heteroatoms. The average Bonchev–Trinajstić information content (AvgIpc) is 2.75. The van der Waals surface area contributed by atoms with Crippen LogP contribution < -0.4 is 5.32 Å². The molecule has 162 valence electrons. The molecule has 0 aromatic heterocycles. The summed E-state index contributed by atoms with van der Waals surface area (Å²) in [4.78, 5) is 35.8. The van der Waals surface area contributed by atoms with E-state index in [2.05, 4.69) is 11.9 Å². The summed E-state index contributed by atoms with van der Waals surface area (Å²) in [5.41, 5.74) is 0.785. The van der Waals surface area contributed by atoms with E-state index in [0.717, 1.165) is 11.6 Å². The molecule has 9 nitrogen and oxygen atoms in total. The van der Waals surface area contributed by atoms with Crippen LogP contribution >= 0.6 is 0 Å². The maximum absolute atomic E-state index is 12.1. The van der Waals surface area contributed by atoms with Crippen LogP contribution in [0.3, 0.4) is 0 Å². The third kappa shape index (κ3) is 5.05. The normalized spacial score (nSPS) is 30.5. The standard InChI is InChI=1S/C21H25NO8/c1-4-15(24)28-19-17(22-12(3)23)21(29-16(25)5-2)27-14-11-26-20(30-18(14)19)13-9-7-6-8-10-13/h5-10,14,17-21H,2,4,11H2,1,3H3,(H,22,23)/t14-,17-,18+,19-,20+,21-/m0/s1. The number of benzene rings is 1. The van der Waals surface area contributed by atoms with Gasteiger partial charge in [0.15, 0.2) is 12.4 Å². The SMILES string of the molecule is C=CC(=O)O[C@@H]1O[C@H]2CO[C@@H](c3ccccc3)O[C@H]2[C@@H](OC(=O)CC)[C@@H]1NC(C)=O. The molecule has 30 heavy (non-hydrogen) atoms. The van der Waals surface area contributed by atoms with Crippen LogP contribution in [-0.4, -0.2) is 55.1 Å². The van der Waals surface area contributed by atoms with E-state index in [1.807, 2.05) is 30.3 Å². The minimum absolute atomic E-state index is 0.110. The van der Waals surface area contributed by atoms with Gasteiger partial charge in [0.2, 0.25) is 12.2 Å². The van der Waals surface area contributed by atoms with Gasteiger partial charge < -0.3 is 29.0 Å². The monoisotopic (exact) mass is 419 g/mol. The fourth-order valence-electron chi connectivity index (χ4n) is 3.38. The van der Waals surface area contributed by atoms with Crippen LogP contribution in [0.15, 0.2) is 43.0 Å². The molecule has 1 amide bonds. The average molecular weight is 419 g/mol. The Labute approximate surface area is 174 Å².